The van der Waals surface area contributed by atoms with Crippen molar-refractivity contribution in [2.75, 3.05) is 40.0 Å². The van der Waals surface area contributed by atoms with E-state index in [0.29, 0.717) is 13.2 Å². The minimum Gasteiger partial charge on any atom is -0.383 e. The fourth-order valence-corrected chi connectivity index (χ4v) is 3.61. The summed E-state index contributed by atoms with van der Waals surface area (Å²) in [6.07, 6.45) is 5.05. The molecule has 0 bridgehead atoms. The molecule has 0 aromatic carbocycles. The van der Waals surface area contributed by atoms with Crippen LogP contribution in [0.25, 0.3) is 0 Å². The second kappa shape index (κ2) is 6.28. The van der Waals surface area contributed by atoms with Crippen LogP contribution in [0.15, 0.2) is 12.4 Å². The molecule has 0 aliphatic carbocycles. The van der Waals surface area contributed by atoms with E-state index in [9.17, 15) is 0 Å². The summed E-state index contributed by atoms with van der Waals surface area (Å²) in [5.41, 5.74) is 0.967. The van der Waals surface area contributed by atoms with E-state index in [1.807, 2.05) is 10.9 Å². The molecule has 0 N–H and O–H groups in total. The first kappa shape index (κ1) is 15.9. The third-order valence-corrected chi connectivity index (χ3v) is 4.29. The van der Waals surface area contributed by atoms with Crippen LogP contribution in [0.4, 0.5) is 0 Å². The summed E-state index contributed by atoms with van der Waals surface area (Å²) in [6, 6.07) is 0. The number of rotatable bonds is 5. The van der Waals surface area contributed by atoms with Gasteiger partial charge in [0, 0.05) is 51.5 Å². The van der Waals surface area contributed by atoms with Gasteiger partial charge in [0.15, 0.2) is 0 Å². The maximum Gasteiger partial charge on any atom is 0.107 e. The summed E-state index contributed by atoms with van der Waals surface area (Å²) in [4.78, 5) is 2.47. The van der Waals surface area contributed by atoms with Crippen LogP contribution in [0.2, 0.25) is 0 Å². The Balaban J connectivity index is 1.64. The molecule has 0 radical (unpaired) electrons. The van der Waals surface area contributed by atoms with Gasteiger partial charge in [-0.3, -0.25) is 9.58 Å². The largest absolute Gasteiger partial charge is 0.383 e. The van der Waals surface area contributed by atoms with Gasteiger partial charge in [0.2, 0.25) is 0 Å². The van der Waals surface area contributed by atoms with Gasteiger partial charge in [-0.15, -0.1) is 0 Å². The van der Waals surface area contributed by atoms with Gasteiger partial charge in [-0.1, -0.05) is 0 Å². The van der Waals surface area contributed by atoms with Crippen LogP contribution in [0, 0.1) is 0 Å². The van der Waals surface area contributed by atoms with Crippen LogP contribution in [-0.2, 0) is 27.3 Å². The average molecular weight is 309 g/mol. The van der Waals surface area contributed by atoms with Gasteiger partial charge in [-0.25, -0.2) is 0 Å². The molecule has 1 atom stereocenters. The molecule has 6 heteroatoms. The van der Waals surface area contributed by atoms with E-state index in [4.69, 9.17) is 14.2 Å². The van der Waals surface area contributed by atoms with Gasteiger partial charge in [-0.2, -0.15) is 5.10 Å². The van der Waals surface area contributed by atoms with Gasteiger partial charge in [0.25, 0.3) is 0 Å². The molecule has 6 nitrogen and oxygen atoms in total. The van der Waals surface area contributed by atoms with Crippen molar-refractivity contribution < 1.29 is 14.2 Å². The molecule has 22 heavy (non-hydrogen) atoms. The van der Waals surface area contributed by atoms with Gasteiger partial charge in [-0.05, 0) is 13.8 Å². The fourth-order valence-electron chi connectivity index (χ4n) is 3.61. The molecule has 1 unspecified atom stereocenters. The van der Waals surface area contributed by atoms with Crippen LogP contribution in [0.1, 0.15) is 25.8 Å². The zero-order valence-corrected chi connectivity index (χ0v) is 13.9. The van der Waals surface area contributed by atoms with Gasteiger partial charge in [0.1, 0.15) is 5.60 Å². The molecule has 3 heterocycles. The Labute approximate surface area is 132 Å². The van der Waals surface area contributed by atoms with Crippen molar-refractivity contribution in [3.8, 4) is 0 Å². The second-order valence-corrected chi connectivity index (χ2v) is 7.10. The smallest absolute Gasteiger partial charge is 0.107 e. The maximum absolute atomic E-state index is 6.34. The Hall–Kier alpha value is -0.950. The zero-order chi connectivity index (χ0) is 15.6. The predicted molar refractivity (Wildman–Crippen MR) is 82.7 cm³/mol. The number of hydrogen-bond acceptors (Lipinski definition) is 5. The van der Waals surface area contributed by atoms with E-state index in [2.05, 4.69) is 30.0 Å². The molecule has 124 valence electrons. The lowest BCUT2D eigenvalue weighted by atomic mass is 9.94. The van der Waals surface area contributed by atoms with Gasteiger partial charge < -0.3 is 14.2 Å². The minimum absolute atomic E-state index is 0.131. The van der Waals surface area contributed by atoms with Gasteiger partial charge in [0.05, 0.1) is 31.6 Å². The van der Waals surface area contributed by atoms with Crippen LogP contribution < -0.4 is 0 Å². The van der Waals surface area contributed by atoms with E-state index >= 15 is 0 Å². The van der Waals surface area contributed by atoms with Crippen molar-refractivity contribution in [1.82, 2.24) is 14.7 Å². The Bertz CT molecular complexity index is 495. The number of ether oxygens (including phenoxy) is 3. The van der Waals surface area contributed by atoms with E-state index in [1.54, 1.807) is 7.11 Å². The molecule has 2 aliphatic heterocycles. The summed E-state index contributed by atoms with van der Waals surface area (Å²) in [5.74, 6) is 0. The Morgan fingerprint density at radius 3 is 2.95 bits per heavy atom. The van der Waals surface area contributed by atoms with Crippen molar-refractivity contribution in [2.45, 2.75) is 44.6 Å². The van der Waals surface area contributed by atoms with Crippen LogP contribution in [-0.4, -0.2) is 65.9 Å². The van der Waals surface area contributed by atoms with Crippen molar-refractivity contribution in [3.05, 3.63) is 18.0 Å². The van der Waals surface area contributed by atoms with Gasteiger partial charge >= 0.3 is 0 Å². The van der Waals surface area contributed by atoms with Crippen molar-refractivity contribution in [2.24, 2.45) is 0 Å². The summed E-state index contributed by atoms with van der Waals surface area (Å²) >= 11 is 0. The third kappa shape index (κ3) is 3.68. The Morgan fingerprint density at radius 2 is 2.23 bits per heavy atom. The number of morpholine rings is 1. The summed E-state index contributed by atoms with van der Waals surface area (Å²) in [6.45, 7) is 10.1. The standard InChI is InChI=1S/C16H27N3O3/c1-15(2)11-18(12-16(22-15)4-6-21-13-16)9-14-8-17-19(10-14)5-7-20-3/h8,10H,4-7,9,11-13H2,1-3H3. The lowest BCUT2D eigenvalue weighted by molar-refractivity contribution is -0.196. The highest BCUT2D eigenvalue weighted by Crippen LogP contribution is 2.35. The average Bonchev–Trinajstić information content (AvgIpc) is 3.04. The molecule has 2 saturated heterocycles. The van der Waals surface area contributed by atoms with E-state index in [-0.39, 0.29) is 11.2 Å². The lowest BCUT2D eigenvalue weighted by Crippen LogP contribution is -2.59. The van der Waals surface area contributed by atoms with Crippen molar-refractivity contribution >= 4 is 0 Å². The first-order chi connectivity index (χ1) is 10.5. The normalized spacial score (nSPS) is 28.5. The molecular formula is C16H27N3O3. The molecule has 3 rings (SSSR count). The molecule has 1 aromatic heterocycles. The third-order valence-electron chi connectivity index (χ3n) is 4.29. The van der Waals surface area contributed by atoms with E-state index < -0.39 is 0 Å². The highest BCUT2D eigenvalue weighted by molar-refractivity contribution is 5.06. The highest BCUT2D eigenvalue weighted by atomic mass is 16.6. The quantitative estimate of drug-likeness (QED) is 0.820. The molecule has 2 aliphatic rings. The summed E-state index contributed by atoms with van der Waals surface area (Å²) in [5, 5.41) is 4.40. The fraction of sp³-hybridized carbons (Fsp3) is 0.812. The van der Waals surface area contributed by atoms with Crippen LogP contribution in [0.3, 0.4) is 0 Å². The monoisotopic (exact) mass is 309 g/mol. The molecule has 0 amide bonds. The lowest BCUT2D eigenvalue weighted by Gasteiger charge is -2.48. The number of methoxy groups -OCH3 is 1. The topological polar surface area (TPSA) is 48.8 Å². The molecule has 2 fully saturated rings. The Morgan fingerprint density at radius 1 is 1.36 bits per heavy atom. The first-order valence-corrected chi connectivity index (χ1v) is 8.01. The SMILES string of the molecule is COCCn1cc(CN2CC(C)(C)OC3(CCOC3)C2)cn1. The minimum atomic E-state index is -0.141. The second-order valence-electron chi connectivity index (χ2n) is 7.10. The molecule has 1 aromatic rings. The summed E-state index contributed by atoms with van der Waals surface area (Å²) in [7, 11) is 1.71. The molecule has 1 spiro atoms. The summed E-state index contributed by atoms with van der Waals surface area (Å²) < 4.78 is 19.0. The number of hydrogen-bond donors (Lipinski definition) is 0. The Kier molecular flexibility index (Phi) is 4.54. The van der Waals surface area contributed by atoms with E-state index in [0.717, 1.165) is 39.2 Å². The number of aromatic nitrogens is 2. The van der Waals surface area contributed by atoms with Crippen molar-refractivity contribution in [3.63, 3.8) is 0 Å². The maximum atomic E-state index is 6.34. The predicted octanol–water partition coefficient (Wildman–Crippen LogP) is 1.30. The number of nitrogens with zero attached hydrogens (tertiary/aromatic N) is 3. The molecule has 0 saturated carbocycles. The first-order valence-electron chi connectivity index (χ1n) is 8.01. The van der Waals surface area contributed by atoms with Crippen molar-refractivity contribution in [1.29, 1.82) is 0 Å². The van der Waals surface area contributed by atoms with Crippen LogP contribution >= 0.6 is 0 Å². The van der Waals surface area contributed by atoms with Crippen LogP contribution in [0.5, 0.6) is 0 Å². The molecular weight excluding hydrogens is 282 g/mol. The highest BCUT2D eigenvalue weighted by Gasteiger charge is 2.46. The van der Waals surface area contributed by atoms with E-state index in [1.165, 1.54) is 5.56 Å². The zero-order valence-electron chi connectivity index (χ0n) is 13.9.